The molecule has 0 fully saturated rings. The molecule has 2 aromatic carbocycles. The lowest BCUT2D eigenvalue weighted by Crippen LogP contribution is -1.98. The Morgan fingerprint density at radius 2 is 2.00 bits per heavy atom. The molecule has 1 aliphatic rings. The van der Waals surface area contributed by atoms with Crippen LogP contribution >= 0.6 is 0 Å². The highest BCUT2D eigenvalue weighted by molar-refractivity contribution is 6.14. The van der Waals surface area contributed by atoms with Crippen LogP contribution < -0.4 is 9.47 Å². The average Bonchev–Trinajstić information content (AvgIpc) is 2.89. The van der Waals surface area contributed by atoms with Crippen LogP contribution in [0.1, 0.15) is 28.4 Å². The van der Waals surface area contributed by atoms with Gasteiger partial charge in [0.2, 0.25) is 5.78 Å². The van der Waals surface area contributed by atoms with Crippen LogP contribution in [-0.4, -0.2) is 12.4 Å². The number of nitrogens with zero attached hydrogens (tertiary/aromatic N) is 1. The van der Waals surface area contributed by atoms with Gasteiger partial charge in [-0.05, 0) is 35.8 Å². The number of ketones is 1. The first-order valence-corrected chi connectivity index (χ1v) is 7.38. The maximum absolute atomic E-state index is 12.4. The first-order valence-electron chi connectivity index (χ1n) is 7.38. The smallest absolute Gasteiger partial charge is 0.231 e. The number of nitriles is 1. The molecule has 0 bridgehead atoms. The van der Waals surface area contributed by atoms with Gasteiger partial charge in [0.25, 0.3) is 0 Å². The lowest BCUT2D eigenvalue weighted by atomic mass is 10.1. The number of aryl methyl sites for hydroxylation is 1. The Labute approximate surface area is 134 Å². The minimum absolute atomic E-state index is 0.0425. The molecule has 0 saturated carbocycles. The number of carbonyl (C=O) groups excluding carboxylic acids is 1. The molecule has 0 unspecified atom stereocenters. The highest BCUT2D eigenvalue weighted by Gasteiger charge is 2.27. The SMILES string of the molecule is CCc1ccc(/C=C2\Oc3cc(OCC#N)ccc3C2=O)cc1. The van der Waals surface area contributed by atoms with Crippen LogP contribution in [0, 0.1) is 11.3 Å². The Kier molecular flexibility index (Phi) is 4.11. The van der Waals surface area contributed by atoms with Gasteiger partial charge in [-0.2, -0.15) is 5.26 Å². The van der Waals surface area contributed by atoms with Gasteiger partial charge in [-0.1, -0.05) is 31.2 Å². The predicted molar refractivity (Wildman–Crippen MR) is 86.3 cm³/mol. The van der Waals surface area contributed by atoms with Gasteiger partial charge in [0.05, 0.1) is 5.56 Å². The van der Waals surface area contributed by atoms with Crippen LogP contribution in [0.5, 0.6) is 11.5 Å². The number of fused-ring (bicyclic) bond motifs is 1. The van der Waals surface area contributed by atoms with E-state index >= 15 is 0 Å². The van der Waals surface area contributed by atoms with Gasteiger partial charge < -0.3 is 9.47 Å². The number of carbonyl (C=O) groups is 1. The molecule has 114 valence electrons. The third-order valence-electron chi connectivity index (χ3n) is 3.63. The second-order valence-electron chi connectivity index (χ2n) is 5.14. The molecule has 1 aliphatic heterocycles. The van der Waals surface area contributed by atoms with Crippen LogP contribution in [0.3, 0.4) is 0 Å². The fourth-order valence-corrected chi connectivity index (χ4v) is 2.37. The summed E-state index contributed by atoms with van der Waals surface area (Å²) in [6, 6.07) is 14.9. The van der Waals surface area contributed by atoms with Crippen LogP contribution in [0.25, 0.3) is 6.08 Å². The average molecular weight is 305 g/mol. The van der Waals surface area contributed by atoms with Gasteiger partial charge in [-0.3, -0.25) is 4.79 Å². The normalized spacial score (nSPS) is 14.3. The van der Waals surface area contributed by atoms with Gasteiger partial charge in [-0.25, -0.2) is 0 Å². The predicted octanol–water partition coefficient (Wildman–Crippen LogP) is 3.77. The van der Waals surface area contributed by atoms with E-state index < -0.39 is 0 Å². The third-order valence-corrected chi connectivity index (χ3v) is 3.63. The van der Waals surface area contributed by atoms with E-state index in [1.807, 2.05) is 30.3 Å². The molecular formula is C19H15NO3. The first-order chi connectivity index (χ1) is 11.2. The monoisotopic (exact) mass is 305 g/mol. The van der Waals surface area contributed by atoms with Gasteiger partial charge >= 0.3 is 0 Å². The van der Waals surface area contributed by atoms with Gasteiger partial charge in [0, 0.05) is 6.07 Å². The maximum atomic E-state index is 12.4. The summed E-state index contributed by atoms with van der Waals surface area (Å²) in [5, 5.41) is 8.54. The molecule has 0 amide bonds. The molecule has 0 aliphatic carbocycles. The summed E-state index contributed by atoms with van der Waals surface area (Å²) < 4.78 is 10.9. The molecule has 0 radical (unpaired) electrons. The lowest BCUT2D eigenvalue weighted by Gasteiger charge is -2.03. The van der Waals surface area contributed by atoms with Crippen molar-refractivity contribution in [3.63, 3.8) is 0 Å². The van der Waals surface area contributed by atoms with Crippen molar-refractivity contribution in [2.24, 2.45) is 0 Å². The summed E-state index contributed by atoms with van der Waals surface area (Å²) in [7, 11) is 0. The fraction of sp³-hybridized carbons (Fsp3) is 0.158. The molecule has 1 heterocycles. The molecule has 0 aromatic heterocycles. The summed E-state index contributed by atoms with van der Waals surface area (Å²) in [6.07, 6.45) is 2.71. The Morgan fingerprint density at radius 1 is 1.22 bits per heavy atom. The van der Waals surface area contributed by atoms with Crippen LogP contribution in [-0.2, 0) is 6.42 Å². The molecule has 0 atom stereocenters. The van der Waals surface area contributed by atoms with Gasteiger partial charge in [0.15, 0.2) is 12.4 Å². The van der Waals surface area contributed by atoms with Gasteiger partial charge in [-0.15, -0.1) is 0 Å². The molecule has 4 heteroatoms. The minimum Gasteiger partial charge on any atom is -0.479 e. The Bertz CT molecular complexity index is 813. The van der Waals surface area contributed by atoms with Crippen molar-refractivity contribution in [1.29, 1.82) is 5.26 Å². The molecule has 0 saturated heterocycles. The molecule has 0 spiro atoms. The van der Waals surface area contributed by atoms with Crippen LogP contribution in [0.15, 0.2) is 48.2 Å². The Balaban J connectivity index is 1.84. The van der Waals surface area contributed by atoms with E-state index in [9.17, 15) is 4.79 Å². The molecule has 3 rings (SSSR count). The molecule has 23 heavy (non-hydrogen) atoms. The van der Waals surface area contributed by atoms with Crippen molar-refractivity contribution >= 4 is 11.9 Å². The second kappa shape index (κ2) is 6.37. The zero-order valence-corrected chi connectivity index (χ0v) is 12.7. The number of Topliss-reactive ketones (excluding diaryl/α,β-unsaturated/α-hetero) is 1. The lowest BCUT2D eigenvalue weighted by molar-refractivity contribution is 0.101. The number of ether oxygens (including phenoxy) is 2. The van der Waals surface area contributed by atoms with Crippen molar-refractivity contribution in [2.45, 2.75) is 13.3 Å². The summed E-state index contributed by atoms with van der Waals surface area (Å²) >= 11 is 0. The highest BCUT2D eigenvalue weighted by Crippen LogP contribution is 2.34. The summed E-state index contributed by atoms with van der Waals surface area (Å²) in [5.74, 6) is 1.11. The molecule has 0 N–H and O–H groups in total. The number of hydrogen-bond donors (Lipinski definition) is 0. The molecule has 4 nitrogen and oxygen atoms in total. The minimum atomic E-state index is -0.147. The molecule has 2 aromatic rings. The fourth-order valence-electron chi connectivity index (χ4n) is 2.37. The number of hydrogen-bond acceptors (Lipinski definition) is 4. The topological polar surface area (TPSA) is 59.3 Å². The van der Waals surface area contributed by atoms with E-state index in [1.54, 1.807) is 24.3 Å². The standard InChI is InChI=1S/C19H15NO3/c1-2-13-3-5-14(6-4-13)11-18-19(21)16-8-7-15(22-10-9-20)12-17(16)23-18/h3-8,11-12H,2,10H2,1H3/b18-11-. The summed E-state index contributed by atoms with van der Waals surface area (Å²) in [6.45, 7) is 2.05. The molecular weight excluding hydrogens is 290 g/mol. The summed E-state index contributed by atoms with van der Waals surface area (Å²) in [5.41, 5.74) is 2.67. The van der Waals surface area contributed by atoms with E-state index in [0.717, 1.165) is 12.0 Å². The first kappa shape index (κ1) is 14.9. The summed E-state index contributed by atoms with van der Waals surface area (Å²) in [4.78, 5) is 12.4. The Morgan fingerprint density at radius 3 is 2.70 bits per heavy atom. The number of rotatable bonds is 4. The highest BCUT2D eigenvalue weighted by atomic mass is 16.5. The van der Waals surface area contributed by atoms with Crippen molar-refractivity contribution in [2.75, 3.05) is 6.61 Å². The Hall–Kier alpha value is -3.06. The van der Waals surface area contributed by atoms with Crippen molar-refractivity contribution in [3.8, 4) is 17.6 Å². The second-order valence-corrected chi connectivity index (χ2v) is 5.14. The largest absolute Gasteiger partial charge is 0.479 e. The van der Waals surface area contributed by atoms with Crippen molar-refractivity contribution < 1.29 is 14.3 Å². The zero-order chi connectivity index (χ0) is 16.2. The number of benzene rings is 2. The van der Waals surface area contributed by atoms with E-state index in [2.05, 4.69) is 6.92 Å². The maximum Gasteiger partial charge on any atom is 0.231 e. The quantitative estimate of drug-likeness (QED) is 0.807. The van der Waals surface area contributed by atoms with Crippen molar-refractivity contribution in [1.82, 2.24) is 0 Å². The van der Waals surface area contributed by atoms with Crippen LogP contribution in [0.4, 0.5) is 0 Å². The van der Waals surface area contributed by atoms with E-state index in [-0.39, 0.29) is 12.4 Å². The number of allylic oxidation sites excluding steroid dienone is 1. The third kappa shape index (κ3) is 3.09. The van der Waals surface area contributed by atoms with Crippen molar-refractivity contribution in [3.05, 3.63) is 64.9 Å². The zero-order valence-electron chi connectivity index (χ0n) is 12.7. The van der Waals surface area contributed by atoms with Gasteiger partial charge in [0.1, 0.15) is 17.6 Å². The van der Waals surface area contributed by atoms with E-state index in [0.29, 0.717) is 22.8 Å². The van der Waals surface area contributed by atoms with Crippen LogP contribution in [0.2, 0.25) is 0 Å². The van der Waals surface area contributed by atoms with E-state index in [4.69, 9.17) is 14.7 Å². The van der Waals surface area contributed by atoms with E-state index in [1.165, 1.54) is 5.56 Å².